The maximum atomic E-state index is 13.0. The lowest BCUT2D eigenvalue weighted by Gasteiger charge is -2.46. The highest BCUT2D eigenvalue weighted by atomic mass is 28.3. The lowest BCUT2D eigenvalue weighted by Crippen LogP contribution is -2.59. The zero-order valence-electron chi connectivity index (χ0n) is 20.5. The molecular weight excluding hydrogens is 424 g/mol. The average Bonchev–Trinajstić information content (AvgIpc) is 2.94. The second-order valence-corrected chi connectivity index (χ2v) is 16.7. The summed E-state index contributed by atoms with van der Waals surface area (Å²) in [4.78, 5) is 28.6. The van der Waals surface area contributed by atoms with Crippen LogP contribution in [0.3, 0.4) is 0 Å². The van der Waals surface area contributed by atoms with E-state index in [9.17, 15) is 14.7 Å². The van der Waals surface area contributed by atoms with Crippen LogP contribution in [0.15, 0.2) is 23.0 Å². The fourth-order valence-corrected chi connectivity index (χ4v) is 5.10. The highest BCUT2D eigenvalue weighted by Crippen LogP contribution is 2.33. The first-order valence-corrected chi connectivity index (χ1v) is 15.0. The first-order chi connectivity index (χ1) is 14.8. The molecule has 3 rings (SSSR count). The van der Waals surface area contributed by atoms with E-state index in [4.69, 9.17) is 4.74 Å². The smallest absolute Gasteiger partial charge is 0.407 e. The summed E-state index contributed by atoms with van der Waals surface area (Å²) in [5, 5.41) is 9.68. The van der Waals surface area contributed by atoms with E-state index in [0.29, 0.717) is 26.2 Å². The molecule has 2 aromatic rings. The van der Waals surface area contributed by atoms with Gasteiger partial charge in [-0.05, 0) is 23.6 Å². The number of ether oxygens (including phenoxy) is 1. The van der Waals surface area contributed by atoms with E-state index in [2.05, 4.69) is 45.3 Å². The summed E-state index contributed by atoms with van der Waals surface area (Å²) in [5.41, 5.74) is 2.37. The molecule has 0 spiro atoms. The molecule has 9 heteroatoms. The van der Waals surface area contributed by atoms with Crippen molar-refractivity contribution < 1.29 is 14.6 Å². The SMILES string of the molecule is Cn1c(=O)n(COCC[Si](C)(C)C)c2cccc(N3CCN(C(=O)O)C(C(C)(C)C)C3)c21. The summed E-state index contributed by atoms with van der Waals surface area (Å²) in [5.74, 6) is 0. The molecule has 1 N–H and O–H groups in total. The highest BCUT2D eigenvalue weighted by molar-refractivity contribution is 6.76. The Morgan fingerprint density at radius 2 is 1.91 bits per heavy atom. The second-order valence-electron chi connectivity index (χ2n) is 11.1. The van der Waals surface area contributed by atoms with Crippen molar-refractivity contribution in [3.8, 4) is 0 Å². The van der Waals surface area contributed by atoms with E-state index in [-0.39, 0.29) is 23.9 Å². The number of benzene rings is 1. The van der Waals surface area contributed by atoms with Gasteiger partial charge in [-0.25, -0.2) is 9.59 Å². The van der Waals surface area contributed by atoms with Crippen LogP contribution in [-0.4, -0.2) is 65.6 Å². The minimum Gasteiger partial charge on any atom is -0.465 e. The standard InChI is InChI=1S/C23H38N4O4Si/c1-23(2,3)19-15-25(11-12-26(19)22(29)30)17-9-8-10-18-20(17)24(4)21(28)27(18)16-31-13-14-32(5,6)7/h8-10,19H,11-16H2,1-7H3,(H,29,30). The van der Waals surface area contributed by atoms with Gasteiger partial charge in [0.05, 0.1) is 22.8 Å². The maximum Gasteiger partial charge on any atom is 0.407 e. The van der Waals surface area contributed by atoms with Crippen molar-refractivity contribution >= 4 is 30.9 Å². The quantitative estimate of drug-likeness (QED) is 0.521. The van der Waals surface area contributed by atoms with Gasteiger partial charge < -0.3 is 19.6 Å². The summed E-state index contributed by atoms with van der Waals surface area (Å²) in [6.45, 7) is 15.6. The Balaban J connectivity index is 1.92. The zero-order chi connectivity index (χ0) is 23.8. The van der Waals surface area contributed by atoms with E-state index in [1.807, 2.05) is 18.2 Å². The van der Waals surface area contributed by atoms with Gasteiger partial charge in [0.2, 0.25) is 0 Å². The zero-order valence-corrected chi connectivity index (χ0v) is 21.5. The molecule has 1 aromatic heterocycles. The molecule has 1 amide bonds. The summed E-state index contributed by atoms with van der Waals surface area (Å²) >= 11 is 0. The summed E-state index contributed by atoms with van der Waals surface area (Å²) < 4.78 is 9.26. The molecule has 2 heterocycles. The van der Waals surface area contributed by atoms with Crippen LogP contribution in [0.25, 0.3) is 11.0 Å². The monoisotopic (exact) mass is 462 g/mol. The van der Waals surface area contributed by atoms with Crippen molar-refractivity contribution in [2.24, 2.45) is 12.5 Å². The Labute approximate surface area is 191 Å². The molecule has 1 aliphatic rings. The van der Waals surface area contributed by atoms with E-state index in [1.54, 1.807) is 21.1 Å². The van der Waals surface area contributed by atoms with Crippen molar-refractivity contribution in [1.82, 2.24) is 14.0 Å². The third kappa shape index (κ3) is 5.04. The van der Waals surface area contributed by atoms with Crippen molar-refractivity contribution in [2.75, 3.05) is 31.1 Å². The lowest BCUT2D eigenvalue weighted by molar-refractivity contribution is 0.0749. The number of nitrogens with zero attached hydrogens (tertiary/aromatic N) is 4. The average molecular weight is 463 g/mol. The van der Waals surface area contributed by atoms with Gasteiger partial charge in [-0.3, -0.25) is 9.13 Å². The van der Waals surface area contributed by atoms with Crippen molar-refractivity contribution in [2.45, 2.75) is 59.2 Å². The van der Waals surface area contributed by atoms with Crippen LogP contribution in [0.2, 0.25) is 25.7 Å². The van der Waals surface area contributed by atoms with Crippen LogP contribution in [-0.2, 0) is 18.5 Å². The number of carboxylic acid groups (broad SMARTS) is 1. The molecule has 32 heavy (non-hydrogen) atoms. The van der Waals surface area contributed by atoms with Crippen LogP contribution in [0.5, 0.6) is 0 Å². The summed E-state index contributed by atoms with van der Waals surface area (Å²) in [6, 6.07) is 6.85. The normalized spacial score (nSPS) is 17.9. The van der Waals surface area contributed by atoms with Crippen LogP contribution < -0.4 is 10.6 Å². The predicted molar refractivity (Wildman–Crippen MR) is 131 cm³/mol. The van der Waals surface area contributed by atoms with Gasteiger partial charge in [-0.15, -0.1) is 0 Å². The van der Waals surface area contributed by atoms with E-state index in [0.717, 1.165) is 22.8 Å². The number of fused-ring (bicyclic) bond motifs is 1. The fraction of sp³-hybridized carbons (Fsp3) is 0.652. The number of piperazine rings is 1. The molecule has 0 bridgehead atoms. The number of amides is 1. The van der Waals surface area contributed by atoms with Crippen molar-refractivity contribution in [1.29, 1.82) is 0 Å². The molecule has 178 valence electrons. The first kappa shape index (κ1) is 24.4. The second kappa shape index (κ2) is 8.94. The van der Waals surface area contributed by atoms with Crippen LogP contribution in [0.1, 0.15) is 20.8 Å². The maximum absolute atomic E-state index is 13.0. The number of anilines is 1. The topological polar surface area (TPSA) is 79.9 Å². The Bertz CT molecular complexity index is 1030. The first-order valence-electron chi connectivity index (χ1n) is 11.3. The van der Waals surface area contributed by atoms with Gasteiger partial charge in [0.1, 0.15) is 6.73 Å². The number of carbonyl (C=O) groups is 1. The lowest BCUT2D eigenvalue weighted by atomic mass is 9.84. The summed E-state index contributed by atoms with van der Waals surface area (Å²) in [6.07, 6.45) is -0.878. The molecule has 1 saturated heterocycles. The number of hydrogen-bond donors (Lipinski definition) is 1. The highest BCUT2D eigenvalue weighted by Gasteiger charge is 2.38. The third-order valence-electron chi connectivity index (χ3n) is 6.32. The van der Waals surface area contributed by atoms with Gasteiger partial charge in [-0.2, -0.15) is 0 Å². The fourth-order valence-electron chi connectivity index (χ4n) is 4.35. The molecule has 1 fully saturated rings. The minimum atomic E-state index is -1.19. The van der Waals surface area contributed by atoms with E-state index >= 15 is 0 Å². The van der Waals surface area contributed by atoms with Crippen molar-refractivity contribution in [3.05, 3.63) is 28.7 Å². The molecule has 1 aromatic carbocycles. The van der Waals surface area contributed by atoms with Crippen LogP contribution in [0.4, 0.5) is 10.5 Å². The number of para-hydroxylation sites is 1. The molecule has 1 atom stereocenters. The number of aryl methyl sites for hydroxylation is 1. The Kier molecular flexibility index (Phi) is 6.81. The van der Waals surface area contributed by atoms with Gasteiger partial charge in [-0.1, -0.05) is 46.5 Å². The van der Waals surface area contributed by atoms with Crippen LogP contribution >= 0.6 is 0 Å². The molecular formula is C23H38N4O4Si. The number of aromatic nitrogens is 2. The molecule has 8 nitrogen and oxygen atoms in total. The molecule has 0 aliphatic carbocycles. The van der Waals surface area contributed by atoms with Gasteiger partial charge in [0.25, 0.3) is 0 Å². The van der Waals surface area contributed by atoms with E-state index in [1.165, 1.54) is 0 Å². The largest absolute Gasteiger partial charge is 0.465 e. The molecule has 1 unspecified atom stereocenters. The predicted octanol–water partition coefficient (Wildman–Crippen LogP) is 3.87. The Morgan fingerprint density at radius 3 is 2.50 bits per heavy atom. The Morgan fingerprint density at radius 1 is 1.22 bits per heavy atom. The van der Waals surface area contributed by atoms with E-state index < -0.39 is 14.2 Å². The molecule has 0 saturated carbocycles. The van der Waals surface area contributed by atoms with Gasteiger partial charge in [0, 0.05) is 41.4 Å². The number of imidazole rings is 1. The minimum absolute atomic E-state index is 0.100. The van der Waals surface area contributed by atoms with Gasteiger partial charge >= 0.3 is 11.8 Å². The van der Waals surface area contributed by atoms with Crippen molar-refractivity contribution in [3.63, 3.8) is 0 Å². The number of hydrogen-bond acceptors (Lipinski definition) is 4. The van der Waals surface area contributed by atoms with Gasteiger partial charge in [0.15, 0.2) is 0 Å². The third-order valence-corrected chi connectivity index (χ3v) is 8.02. The number of rotatable bonds is 6. The Hall–Kier alpha value is -2.26. The van der Waals surface area contributed by atoms with Crippen LogP contribution in [0, 0.1) is 5.41 Å². The molecule has 1 aliphatic heterocycles. The molecule has 0 radical (unpaired) electrons. The summed E-state index contributed by atoms with van der Waals surface area (Å²) in [7, 11) is 0.598.